The second kappa shape index (κ2) is 43.9. The monoisotopic (exact) mass is 1920 g/mol. The van der Waals surface area contributed by atoms with E-state index in [4.69, 9.17) is 29.1 Å². The average Bonchev–Trinajstić information content (AvgIpc) is 1.43. The summed E-state index contributed by atoms with van der Waals surface area (Å²) in [5, 5.41) is 43.1. The zero-order chi connectivity index (χ0) is 101. The van der Waals surface area contributed by atoms with Gasteiger partial charge in [0.25, 0.3) is 10.0 Å². The van der Waals surface area contributed by atoms with Crippen molar-refractivity contribution in [2.75, 3.05) is 19.7 Å². The van der Waals surface area contributed by atoms with Crippen molar-refractivity contribution in [3.8, 4) is 22.6 Å². The van der Waals surface area contributed by atoms with Crippen LogP contribution in [0.2, 0.25) is 0 Å². The van der Waals surface area contributed by atoms with Crippen LogP contribution in [0, 0.1) is 26.2 Å². The van der Waals surface area contributed by atoms with Gasteiger partial charge in [0.15, 0.2) is 0 Å². The van der Waals surface area contributed by atoms with Crippen LogP contribution in [0.4, 0.5) is 9.59 Å². The third kappa shape index (κ3) is 25.5. The Morgan fingerprint density at radius 2 is 1.09 bits per heavy atom. The highest BCUT2D eigenvalue weighted by Crippen LogP contribution is 2.47. The molecule has 8 amide bonds. The molecular weight excluding hydrogens is 1800 g/mol. The number of hydrogen-bond acceptors (Lipinski definition) is 18. The van der Waals surface area contributed by atoms with Crippen LogP contribution in [-0.2, 0) is 93.8 Å². The summed E-state index contributed by atoms with van der Waals surface area (Å²) in [5.74, 6) is -7.56. The maximum atomic E-state index is 16.3. The Bertz CT molecular complexity index is 6190. The molecule has 1 saturated heterocycles. The van der Waals surface area contributed by atoms with Gasteiger partial charge in [-0.3, -0.25) is 43.5 Å². The number of carboxylic acid groups (broad SMARTS) is 1. The highest BCUT2D eigenvalue weighted by Gasteiger charge is 2.45. The summed E-state index contributed by atoms with van der Waals surface area (Å²) >= 11 is 0. The molecule has 3 heterocycles. The largest absolute Gasteiger partial charge is 0.488 e. The number of ether oxygens (including phenoxy) is 5. The number of nitrogens with one attached hydrogen (secondary N) is 10. The Hall–Kier alpha value is -14.2. The molecule has 738 valence electrons. The number of likely N-dealkylation sites (tertiary alicyclic amines) is 1. The lowest BCUT2D eigenvalue weighted by Gasteiger charge is -2.37. The maximum Gasteiger partial charge on any atom is 0.419 e. The summed E-state index contributed by atoms with van der Waals surface area (Å²) in [4.78, 5) is 154. The van der Waals surface area contributed by atoms with Crippen molar-refractivity contribution >= 4 is 86.4 Å². The topological polar surface area (TPSA) is 412 Å². The Kier molecular flexibility index (Phi) is 32.3. The van der Waals surface area contributed by atoms with Gasteiger partial charge in [-0.15, -0.1) is 0 Å². The van der Waals surface area contributed by atoms with Gasteiger partial charge in [0.05, 0.1) is 22.1 Å². The van der Waals surface area contributed by atoms with Gasteiger partial charge in [-0.2, -0.15) is 0 Å². The maximum absolute atomic E-state index is 16.3. The number of amides is 8. The van der Waals surface area contributed by atoms with Crippen LogP contribution in [0.3, 0.4) is 0 Å². The zero-order valence-corrected chi connectivity index (χ0v) is 82.8. The van der Waals surface area contributed by atoms with Crippen molar-refractivity contribution in [2.24, 2.45) is 0 Å². The molecule has 10 aromatic rings. The number of carboxylic acids is 1. The molecule has 3 aliphatic rings. The van der Waals surface area contributed by atoms with Gasteiger partial charge >= 0.3 is 18.2 Å². The van der Waals surface area contributed by atoms with E-state index >= 15 is 33.6 Å². The highest BCUT2D eigenvalue weighted by molar-refractivity contribution is 7.90. The minimum Gasteiger partial charge on any atom is -0.488 e. The Balaban J connectivity index is 0.834. The van der Waals surface area contributed by atoms with E-state index in [-0.39, 0.29) is 62.6 Å². The number of hydrogen-bond donors (Lipinski definition) is 11. The third-order valence-electron chi connectivity index (χ3n) is 25.1. The van der Waals surface area contributed by atoms with Crippen molar-refractivity contribution < 1.29 is 85.2 Å². The van der Waals surface area contributed by atoms with Crippen LogP contribution in [0.1, 0.15) is 194 Å². The number of aromatic nitrogens is 1. The molecule has 31 heteroatoms. The van der Waals surface area contributed by atoms with E-state index in [0.717, 1.165) is 27.8 Å². The van der Waals surface area contributed by atoms with E-state index in [1.54, 1.807) is 141 Å². The number of nitrogens with zero attached hydrogens (tertiary/aromatic N) is 2. The van der Waals surface area contributed by atoms with Gasteiger partial charge in [-0.05, 0) is 226 Å². The fourth-order valence-corrected chi connectivity index (χ4v) is 20.3. The van der Waals surface area contributed by atoms with Crippen LogP contribution in [-0.4, -0.2) is 179 Å². The molecule has 1 fully saturated rings. The number of aliphatic carboxylic acids is 1. The van der Waals surface area contributed by atoms with Crippen LogP contribution >= 0.6 is 0 Å². The van der Waals surface area contributed by atoms with E-state index in [1.807, 2.05) is 174 Å². The SMILES string of the molecule is Cc1c(C)c(S(=O)(=O)NC(=N)NCCC[C@H](NC(=O)[C@H](CCC(=O)NC(c2ccccc2)(c2ccccc2)c2ccccc2)NC(=O)[C@@H](NC(=O)[C@H](Cc2cn(C(=O)OC(C)(C)C)c3ccccc23)NC(=O)[C@@H]2CCCN2C(=O)[C@H](Cc2ccc(OC(C)(C)C)cc2)NC(=O)OCC2c3ccccc3-c3ccccc32)[C@@H](C)OC(C)(C)C)C(=O)N[C@@H](Cc2ccccc2)C(=O)O)c(C)c2c1OC(C)(C)C2. The van der Waals surface area contributed by atoms with Crippen LogP contribution in [0.15, 0.2) is 229 Å². The Morgan fingerprint density at radius 1 is 0.564 bits per heavy atom. The number of carbonyl (C=O) groups is 10. The standard InChI is InChI=1S/C109H128N12O18S/c1-66-67(2)94(68(3)82-63-108(14,15)138-93(66)82)140(133,134)119-102(110)111-58-34-49-84(95(123)115-88(101(129)130)61-70-36-20-16-21-37-70)112-96(124)85(56-57-91(122)118-109(73-38-22-17-23-39-73,74-40-24-18-25-41-74)75-42-26-19-27-43-75)113-99(127)92(69(4)136-105(5,6)7)117-97(125)86(62-72-64-121(104(132)139-107(11,12)13)89-50-33-32-44-77(72)89)114-98(126)90-51-35-59-120(90)100(128)87(60-71-52-54-76(55-53-71)137-106(8,9)10)116-103(131)135-65-83-80-47-30-28-45-78(80)79-46-29-31-48-81(79)83/h16-33,36-48,50,52-55,64,69,83-88,90,92H,34-35,49,51,56-63,65H2,1-15H3,(H,112,124)(H,113,127)(H,114,126)(H,115,123)(H,116,131)(H,117,125)(H,118,122)(H,129,130)(H3,110,111,119)/t69-,84+,85+,86+,87+,88+,90+,92+/m1/s1. The first-order valence-electron chi connectivity index (χ1n) is 47.5. The van der Waals surface area contributed by atoms with Gasteiger partial charge in [0, 0.05) is 68.3 Å². The van der Waals surface area contributed by atoms with Gasteiger partial charge in [0.2, 0.25) is 47.3 Å². The van der Waals surface area contributed by atoms with E-state index < -0.39 is 171 Å². The molecule has 0 unspecified atom stereocenters. The number of alkyl carbamates (subject to hydrolysis) is 1. The van der Waals surface area contributed by atoms with Gasteiger partial charge < -0.3 is 76.2 Å². The van der Waals surface area contributed by atoms with E-state index in [2.05, 4.69) is 47.3 Å². The molecule has 0 saturated carbocycles. The molecule has 0 bridgehead atoms. The second-order valence-corrected chi connectivity index (χ2v) is 41.3. The smallest absolute Gasteiger partial charge is 0.419 e. The molecule has 9 aromatic carbocycles. The molecule has 8 atom stereocenters. The second-order valence-electron chi connectivity index (χ2n) is 39.7. The van der Waals surface area contributed by atoms with Crippen LogP contribution in [0.25, 0.3) is 22.0 Å². The summed E-state index contributed by atoms with van der Waals surface area (Å²) in [6.07, 6.45) is -2.95. The summed E-state index contributed by atoms with van der Waals surface area (Å²) in [5.41, 5.74) is 5.35. The molecule has 1 aromatic heterocycles. The minimum atomic E-state index is -4.44. The van der Waals surface area contributed by atoms with Crippen molar-refractivity contribution in [1.29, 1.82) is 5.41 Å². The molecule has 13 rings (SSSR count). The molecule has 11 N–H and O–H groups in total. The number of sulfonamides is 1. The van der Waals surface area contributed by atoms with Crippen molar-refractivity contribution in [3.63, 3.8) is 0 Å². The molecule has 140 heavy (non-hydrogen) atoms. The summed E-state index contributed by atoms with van der Waals surface area (Å²) < 4.78 is 63.4. The van der Waals surface area contributed by atoms with E-state index in [1.165, 1.54) is 22.6 Å². The highest BCUT2D eigenvalue weighted by atomic mass is 32.2. The van der Waals surface area contributed by atoms with Gasteiger partial charge in [-0.1, -0.05) is 200 Å². The first kappa shape index (κ1) is 103. The van der Waals surface area contributed by atoms with Crippen molar-refractivity contribution in [2.45, 2.75) is 255 Å². The average molecular weight is 1930 g/mol. The van der Waals surface area contributed by atoms with E-state index in [9.17, 15) is 27.9 Å². The van der Waals surface area contributed by atoms with Crippen molar-refractivity contribution in [1.82, 2.24) is 56.7 Å². The van der Waals surface area contributed by atoms with Crippen LogP contribution in [0.5, 0.6) is 11.5 Å². The molecule has 30 nitrogen and oxygen atoms in total. The quantitative estimate of drug-likeness (QED) is 0.00745. The fraction of sp³-hybridized carbons (Fsp3) is 0.385. The number of benzene rings is 9. The Morgan fingerprint density at radius 3 is 1.67 bits per heavy atom. The lowest BCUT2D eigenvalue weighted by Crippen LogP contribution is -2.62. The number of carbonyl (C=O) groups excluding carboxylic acids is 9. The van der Waals surface area contributed by atoms with E-state index in [0.29, 0.717) is 85.3 Å². The van der Waals surface area contributed by atoms with Crippen LogP contribution < -0.4 is 56.7 Å². The molecule has 0 spiro atoms. The Labute approximate surface area is 817 Å². The van der Waals surface area contributed by atoms with Crippen molar-refractivity contribution in [3.05, 3.63) is 291 Å². The molecule has 1 aliphatic carbocycles. The zero-order valence-electron chi connectivity index (χ0n) is 81.9. The number of fused-ring (bicyclic) bond motifs is 5. The summed E-state index contributed by atoms with van der Waals surface area (Å²) in [6.45, 7) is 26.1. The lowest BCUT2D eigenvalue weighted by atomic mass is 9.77. The van der Waals surface area contributed by atoms with Gasteiger partial charge in [0.1, 0.15) is 82.7 Å². The first-order valence-corrected chi connectivity index (χ1v) is 49.0. The fourth-order valence-electron chi connectivity index (χ4n) is 18.7. The molecular formula is C109H128N12O18S. The number of guanidine groups is 1. The number of para-hydroxylation sites is 1. The van der Waals surface area contributed by atoms with Gasteiger partial charge in [-0.25, -0.2) is 27.5 Å². The minimum absolute atomic E-state index is 0.0240. The molecule has 2 aliphatic heterocycles. The predicted molar refractivity (Wildman–Crippen MR) is 533 cm³/mol. The normalized spacial score (nSPS) is 15.5. The summed E-state index contributed by atoms with van der Waals surface area (Å²) in [7, 11) is -4.44. The third-order valence-corrected chi connectivity index (χ3v) is 26.8. The molecule has 0 radical (unpaired) electrons. The first-order chi connectivity index (χ1) is 66.3. The lowest BCUT2D eigenvalue weighted by molar-refractivity contribution is -0.143. The summed E-state index contributed by atoms with van der Waals surface area (Å²) in [6, 6.07) is 54.4. The predicted octanol–water partition coefficient (Wildman–Crippen LogP) is 14.1. The number of rotatable bonds is 37.